The lowest BCUT2D eigenvalue weighted by Crippen LogP contribution is -2.61. The highest BCUT2D eigenvalue weighted by atomic mass is 16.7. The monoisotopic (exact) mass is 508 g/mol. The number of aromatic hydroxyl groups is 2. The maximum Gasteiger partial charge on any atom is 0.186 e. The van der Waals surface area contributed by atoms with E-state index in [0.29, 0.717) is 5.56 Å². The number of hydrogen-bond acceptors (Lipinski definition) is 14. The van der Waals surface area contributed by atoms with Crippen molar-refractivity contribution in [2.45, 2.75) is 67.5 Å². The van der Waals surface area contributed by atoms with Crippen LogP contribution in [0.15, 0.2) is 18.2 Å². The Morgan fingerprint density at radius 2 is 1.34 bits per heavy atom. The molecular weight excluding hydrogens is 476 g/mol. The van der Waals surface area contributed by atoms with Crippen molar-refractivity contribution < 1.29 is 69.6 Å². The van der Waals surface area contributed by atoms with Crippen LogP contribution in [0.2, 0.25) is 0 Å². The van der Waals surface area contributed by atoms with Crippen molar-refractivity contribution in [3.63, 3.8) is 0 Å². The smallest absolute Gasteiger partial charge is 0.186 e. The highest BCUT2D eigenvalue weighted by molar-refractivity contribution is 5.41. The molecule has 2 saturated heterocycles. The number of hydrogen-bond donors (Lipinski definition) is 9. The van der Waals surface area contributed by atoms with E-state index in [-0.39, 0.29) is 18.1 Å². The Hall–Kier alpha value is -1.66. The average Bonchev–Trinajstić information content (AvgIpc) is 2.85. The first kappa shape index (κ1) is 27.9. The molecule has 0 amide bonds. The fourth-order valence-corrected chi connectivity index (χ4v) is 3.81. The van der Waals surface area contributed by atoms with Crippen LogP contribution in [0.1, 0.15) is 11.7 Å². The van der Waals surface area contributed by atoms with Gasteiger partial charge in [-0.25, -0.2) is 0 Å². The van der Waals surface area contributed by atoms with E-state index in [1.807, 2.05) is 0 Å². The summed E-state index contributed by atoms with van der Waals surface area (Å²) in [6.45, 7) is -1.37. The number of aliphatic hydroxyl groups excluding tert-OH is 7. The Morgan fingerprint density at radius 1 is 0.771 bits per heavy atom. The molecule has 0 saturated carbocycles. The molecule has 0 radical (unpaired) electrons. The Morgan fingerprint density at radius 3 is 1.91 bits per heavy atom. The normalized spacial score (nSPS) is 38.9. The summed E-state index contributed by atoms with van der Waals surface area (Å²) in [5.74, 6) is -0.697. The van der Waals surface area contributed by atoms with Crippen LogP contribution >= 0.6 is 0 Å². The first-order valence-corrected chi connectivity index (χ1v) is 10.9. The minimum atomic E-state index is -1.70. The topological polar surface area (TPSA) is 228 Å². The van der Waals surface area contributed by atoms with Crippen LogP contribution in [0, 0.1) is 0 Å². The Bertz CT molecular complexity index is 808. The van der Waals surface area contributed by atoms with Gasteiger partial charge in [0.25, 0.3) is 0 Å². The molecule has 2 fully saturated rings. The first-order valence-electron chi connectivity index (χ1n) is 10.9. The van der Waals surface area contributed by atoms with E-state index in [2.05, 4.69) is 0 Å². The third kappa shape index (κ3) is 6.19. The molecule has 9 N–H and O–H groups in total. The fraction of sp³-hybridized carbons (Fsp3) is 0.714. The van der Waals surface area contributed by atoms with Crippen molar-refractivity contribution in [1.29, 1.82) is 0 Å². The zero-order valence-corrected chi connectivity index (χ0v) is 18.8. The maximum atomic E-state index is 10.3. The average molecular weight is 508 g/mol. The van der Waals surface area contributed by atoms with Gasteiger partial charge in [-0.1, -0.05) is 6.07 Å². The van der Waals surface area contributed by atoms with Gasteiger partial charge >= 0.3 is 0 Å². The number of ether oxygens (including phenoxy) is 5. The minimum Gasteiger partial charge on any atom is -0.504 e. The van der Waals surface area contributed by atoms with Crippen LogP contribution in [-0.4, -0.2) is 134 Å². The summed E-state index contributed by atoms with van der Waals surface area (Å²) in [7, 11) is 1.37. The van der Waals surface area contributed by atoms with E-state index in [9.17, 15) is 46.0 Å². The third-order valence-electron chi connectivity index (χ3n) is 6.01. The van der Waals surface area contributed by atoms with E-state index in [4.69, 9.17) is 23.7 Å². The van der Waals surface area contributed by atoms with Gasteiger partial charge in [0.1, 0.15) is 54.9 Å². The zero-order valence-electron chi connectivity index (χ0n) is 18.8. The highest BCUT2D eigenvalue weighted by Gasteiger charge is 2.47. The van der Waals surface area contributed by atoms with Crippen molar-refractivity contribution in [1.82, 2.24) is 0 Å². The molecule has 0 bridgehead atoms. The molecule has 14 heteroatoms. The lowest BCUT2D eigenvalue weighted by Gasteiger charge is -2.42. The predicted molar refractivity (Wildman–Crippen MR) is 112 cm³/mol. The van der Waals surface area contributed by atoms with Crippen molar-refractivity contribution >= 4 is 0 Å². The summed E-state index contributed by atoms with van der Waals surface area (Å²) in [6, 6.07) is 4.01. The number of benzene rings is 1. The number of methoxy groups -OCH3 is 1. The second-order valence-corrected chi connectivity index (χ2v) is 8.35. The van der Waals surface area contributed by atoms with Crippen LogP contribution in [-0.2, 0) is 23.7 Å². The maximum absolute atomic E-state index is 10.3. The van der Waals surface area contributed by atoms with E-state index in [1.165, 1.54) is 25.3 Å². The molecule has 3 rings (SSSR count). The van der Waals surface area contributed by atoms with Crippen LogP contribution in [0.4, 0.5) is 0 Å². The fourth-order valence-electron chi connectivity index (χ4n) is 3.81. The molecule has 0 unspecified atom stereocenters. The first-order chi connectivity index (χ1) is 16.6. The van der Waals surface area contributed by atoms with Gasteiger partial charge in [-0.05, 0) is 17.7 Å². The number of phenols is 2. The molecule has 11 atom stereocenters. The molecule has 200 valence electrons. The Kier molecular flexibility index (Phi) is 9.61. The second kappa shape index (κ2) is 12.1. The van der Waals surface area contributed by atoms with E-state index >= 15 is 0 Å². The van der Waals surface area contributed by atoms with Gasteiger partial charge in [-0.15, -0.1) is 0 Å². The summed E-state index contributed by atoms with van der Waals surface area (Å²) in [5, 5.41) is 89.0. The number of aliphatic hydroxyl groups is 7. The van der Waals surface area contributed by atoms with Crippen molar-refractivity contribution in [2.24, 2.45) is 0 Å². The molecule has 0 spiro atoms. The number of phenolic OH excluding ortho intramolecular Hbond substituents is 2. The Labute approximate surface area is 200 Å². The van der Waals surface area contributed by atoms with Crippen molar-refractivity contribution in [2.75, 3.05) is 26.9 Å². The number of rotatable bonds is 9. The van der Waals surface area contributed by atoms with Gasteiger partial charge in [-0.2, -0.15) is 0 Å². The van der Waals surface area contributed by atoms with Gasteiger partial charge < -0.3 is 69.6 Å². The highest BCUT2D eigenvalue weighted by Crippen LogP contribution is 2.31. The molecule has 35 heavy (non-hydrogen) atoms. The molecular formula is C21H32O14. The molecule has 2 heterocycles. The summed E-state index contributed by atoms with van der Waals surface area (Å²) in [4.78, 5) is 0. The zero-order chi connectivity index (χ0) is 25.9. The summed E-state index contributed by atoms with van der Waals surface area (Å²) >= 11 is 0. The quantitative estimate of drug-likeness (QED) is 0.147. The van der Waals surface area contributed by atoms with E-state index in [0.717, 1.165) is 0 Å². The van der Waals surface area contributed by atoms with Gasteiger partial charge in [-0.3, -0.25) is 0 Å². The lowest BCUT2D eigenvalue weighted by molar-refractivity contribution is -0.332. The largest absolute Gasteiger partial charge is 0.504 e. The third-order valence-corrected chi connectivity index (χ3v) is 6.01. The molecule has 1 aromatic rings. The van der Waals surface area contributed by atoms with Crippen molar-refractivity contribution in [3.05, 3.63) is 23.8 Å². The van der Waals surface area contributed by atoms with Gasteiger partial charge in [0.15, 0.2) is 24.1 Å². The summed E-state index contributed by atoms with van der Waals surface area (Å²) in [6.07, 6.45) is -16.1. The lowest BCUT2D eigenvalue weighted by atomic mass is 9.98. The van der Waals surface area contributed by atoms with Gasteiger partial charge in [0.05, 0.1) is 19.8 Å². The van der Waals surface area contributed by atoms with E-state index < -0.39 is 80.7 Å². The van der Waals surface area contributed by atoms with Gasteiger partial charge in [0.2, 0.25) is 0 Å². The van der Waals surface area contributed by atoms with Crippen LogP contribution in [0.5, 0.6) is 11.5 Å². The predicted octanol–water partition coefficient (Wildman–Crippen LogP) is -3.57. The van der Waals surface area contributed by atoms with Crippen LogP contribution in [0.3, 0.4) is 0 Å². The van der Waals surface area contributed by atoms with E-state index in [1.54, 1.807) is 0 Å². The molecule has 0 aliphatic carbocycles. The van der Waals surface area contributed by atoms with Crippen LogP contribution in [0.25, 0.3) is 0 Å². The SMILES string of the molecule is CO[C@H](CO[C@@H]1O[C@H](CO[C@@H]2O[C@H](CO)[C@@H](O)[C@H](O)[C@H]2O)[C@@H](O)[C@H](O)[C@H]1O)c1ccc(O)c(O)c1. The van der Waals surface area contributed by atoms with Crippen LogP contribution < -0.4 is 0 Å². The summed E-state index contributed by atoms with van der Waals surface area (Å²) in [5.41, 5.74) is 0.441. The molecule has 2 aliphatic rings. The Balaban J connectivity index is 1.61. The summed E-state index contributed by atoms with van der Waals surface area (Å²) < 4.78 is 27.0. The molecule has 14 nitrogen and oxygen atoms in total. The standard InChI is InChI=1S/C21H32O14/c1-31-12(8-2-3-9(23)10(24)4-8)6-32-21-19(30)17(28)15(26)13(35-21)7-33-20-18(29)16(27)14(25)11(5-22)34-20/h2-4,11-30H,5-7H2,1H3/t11-,12-,13-,14-,15-,16+,17+,18-,19-,20-,21-/m1/s1. The molecule has 2 aliphatic heterocycles. The molecule has 0 aromatic heterocycles. The minimum absolute atomic E-state index is 0.217. The molecule has 1 aromatic carbocycles. The second-order valence-electron chi connectivity index (χ2n) is 8.35. The van der Waals surface area contributed by atoms with Crippen molar-refractivity contribution in [3.8, 4) is 11.5 Å². The van der Waals surface area contributed by atoms with Gasteiger partial charge in [0, 0.05) is 7.11 Å².